The van der Waals surface area contributed by atoms with Crippen LogP contribution in [0.5, 0.6) is 0 Å². The number of rotatable bonds is 8. The van der Waals surface area contributed by atoms with Gasteiger partial charge in [0.25, 0.3) is 0 Å². The van der Waals surface area contributed by atoms with Crippen molar-refractivity contribution in [2.45, 2.75) is 13.8 Å². The SMILES string of the molecule is CC=C1COCC1=CC(=C([C]#[Os])[P+](c1ccccc1)(c1ccccc1)c1ccccc1)c1ccc(-c2ccc(/C=C/C)cc2)cc1. The van der Waals surface area contributed by atoms with Crippen LogP contribution >= 0.6 is 7.26 Å². The Balaban J connectivity index is 1.66. The minimum absolute atomic E-state index is 0.604. The first kappa shape index (κ1) is 31.8. The van der Waals surface area contributed by atoms with Crippen molar-refractivity contribution in [3.63, 3.8) is 0 Å². The Morgan fingerprint density at radius 2 is 1.11 bits per heavy atom. The molecule has 0 radical (unpaired) electrons. The zero-order valence-electron chi connectivity index (χ0n) is 26.2. The zero-order chi connectivity index (χ0) is 31.8. The zero-order valence-corrected chi connectivity index (χ0v) is 29.6. The predicted molar refractivity (Wildman–Crippen MR) is 195 cm³/mol. The molecule has 0 unspecified atom stereocenters. The summed E-state index contributed by atoms with van der Waals surface area (Å²) in [6, 6.07) is 51.0. The van der Waals surface area contributed by atoms with Crippen LogP contribution < -0.4 is 15.9 Å². The van der Waals surface area contributed by atoms with Gasteiger partial charge in [-0.15, -0.1) is 0 Å². The molecule has 0 aliphatic carbocycles. The summed E-state index contributed by atoms with van der Waals surface area (Å²) in [7, 11) is -2.39. The van der Waals surface area contributed by atoms with E-state index >= 15 is 0 Å². The third-order valence-electron chi connectivity index (χ3n) is 8.50. The van der Waals surface area contributed by atoms with Gasteiger partial charge in [0, 0.05) is 0 Å². The van der Waals surface area contributed by atoms with Gasteiger partial charge in [-0.05, 0) is 6.92 Å². The molecule has 0 amide bonds. The van der Waals surface area contributed by atoms with Gasteiger partial charge in [-0.3, -0.25) is 0 Å². The average molecular weight is 791 g/mol. The van der Waals surface area contributed by atoms with Crippen LogP contribution in [-0.4, -0.2) is 13.2 Å². The van der Waals surface area contributed by atoms with Crippen molar-refractivity contribution in [2.24, 2.45) is 0 Å². The van der Waals surface area contributed by atoms with Crippen molar-refractivity contribution >= 4 is 34.8 Å². The van der Waals surface area contributed by atoms with E-state index in [0.29, 0.717) is 13.2 Å². The Bertz CT molecular complexity index is 1850. The molecule has 0 atom stereocenters. The van der Waals surface area contributed by atoms with Crippen LogP contribution in [0.4, 0.5) is 0 Å². The average Bonchev–Trinajstić information content (AvgIpc) is 3.59. The number of hydrogen-bond acceptors (Lipinski definition) is 1. The normalized spacial score (nSPS) is 15.7. The fraction of sp³-hybridized carbons (Fsp3) is 0.0930. The van der Waals surface area contributed by atoms with Crippen LogP contribution in [0.15, 0.2) is 174 Å². The molecule has 6 rings (SSSR count). The van der Waals surface area contributed by atoms with Crippen molar-refractivity contribution in [1.82, 2.24) is 0 Å². The number of ether oxygens (including phenoxy) is 1. The summed E-state index contributed by atoms with van der Waals surface area (Å²) < 4.78 is 9.83. The molecule has 5 aromatic carbocycles. The molecule has 1 aliphatic heterocycles. The van der Waals surface area contributed by atoms with E-state index in [1.54, 1.807) is 0 Å². The summed E-state index contributed by atoms with van der Waals surface area (Å²) in [5, 5.41) is 5.16. The molecule has 0 spiro atoms. The molecule has 46 heavy (non-hydrogen) atoms. The van der Waals surface area contributed by atoms with E-state index in [2.05, 4.69) is 175 Å². The van der Waals surface area contributed by atoms with E-state index in [9.17, 15) is 0 Å². The standard InChI is InChI=1S/C43H37OP.Os/c1-4-15-34-22-24-36(25-23-34)37-26-28-38(29-27-37)43(30-39-32-44-31-35(39)5-2)33(3)45(40-16-9-6-10-17-40,41-18-11-7-12-19-41)42-20-13-8-14-21-42;/h4-30H,31-32H2,1-2H3;/q+1;/b15-4+,35-5?,39-30?,43-33?;. The van der Waals surface area contributed by atoms with Crippen molar-refractivity contribution in [2.75, 3.05) is 13.2 Å². The molecule has 1 fully saturated rings. The molecule has 0 aromatic heterocycles. The van der Waals surface area contributed by atoms with E-state index in [1.165, 1.54) is 60.2 Å². The molecule has 1 nitrogen and oxygen atoms in total. The van der Waals surface area contributed by atoms with Crippen molar-refractivity contribution in [3.05, 3.63) is 185 Å². The summed E-state index contributed by atoms with van der Waals surface area (Å²) in [6.07, 6.45) is 8.77. The molecule has 0 N–H and O–H groups in total. The van der Waals surface area contributed by atoms with Gasteiger partial charge < -0.3 is 0 Å². The molecule has 5 aromatic rings. The third-order valence-corrected chi connectivity index (χ3v) is 13.9. The third kappa shape index (κ3) is 6.42. The fourth-order valence-electron chi connectivity index (χ4n) is 6.22. The molecule has 0 bridgehead atoms. The van der Waals surface area contributed by atoms with Gasteiger partial charge in [-0.25, -0.2) is 0 Å². The Kier molecular flexibility index (Phi) is 10.4. The van der Waals surface area contributed by atoms with Crippen molar-refractivity contribution in [1.29, 1.82) is 0 Å². The summed E-state index contributed by atoms with van der Waals surface area (Å²) in [5.74, 6) is 0. The Hall–Kier alpha value is -4.13. The Morgan fingerprint density at radius 1 is 0.630 bits per heavy atom. The number of allylic oxidation sites excluding steroid dienone is 5. The molecule has 3 heteroatoms. The van der Waals surface area contributed by atoms with Gasteiger partial charge in [-0.1, -0.05) is 6.08 Å². The first-order chi connectivity index (χ1) is 22.7. The molecular weight excluding hydrogens is 754 g/mol. The maximum absolute atomic E-state index is 5.98. The summed E-state index contributed by atoms with van der Waals surface area (Å²) in [5.41, 5.74) is 8.45. The predicted octanol–water partition coefficient (Wildman–Crippen LogP) is 9.50. The number of hydrogen-bond donors (Lipinski definition) is 0. The molecule has 1 aliphatic rings. The van der Waals surface area contributed by atoms with Crippen LogP contribution in [0.2, 0.25) is 0 Å². The molecule has 1 saturated heterocycles. The van der Waals surface area contributed by atoms with Crippen LogP contribution in [-0.2, 0) is 22.7 Å². The number of benzene rings is 5. The van der Waals surface area contributed by atoms with Crippen molar-refractivity contribution in [3.8, 4) is 15.5 Å². The molecule has 227 valence electrons. The van der Waals surface area contributed by atoms with Gasteiger partial charge in [0.2, 0.25) is 0 Å². The Labute approximate surface area is 284 Å². The first-order valence-electron chi connectivity index (χ1n) is 15.6. The summed E-state index contributed by atoms with van der Waals surface area (Å²) in [6.45, 7) is 5.40. The van der Waals surface area contributed by atoms with Gasteiger partial charge in [-0.2, -0.15) is 0 Å². The monoisotopic (exact) mass is 792 g/mol. The van der Waals surface area contributed by atoms with Gasteiger partial charge in [0.1, 0.15) is 0 Å². The molecular formula is C43H37OOsP+. The van der Waals surface area contributed by atoms with E-state index in [0.717, 1.165) is 0 Å². The van der Waals surface area contributed by atoms with Crippen LogP contribution in [0.1, 0.15) is 25.0 Å². The van der Waals surface area contributed by atoms with E-state index < -0.39 is 7.26 Å². The topological polar surface area (TPSA) is 9.23 Å². The van der Waals surface area contributed by atoms with Gasteiger partial charge in [0.15, 0.2) is 0 Å². The first-order valence-corrected chi connectivity index (χ1v) is 18.7. The van der Waals surface area contributed by atoms with Gasteiger partial charge in [0.05, 0.1) is 0 Å². The van der Waals surface area contributed by atoms with E-state index in [-0.39, 0.29) is 0 Å². The second-order valence-corrected chi connectivity index (χ2v) is 15.2. The Morgan fingerprint density at radius 3 is 1.57 bits per heavy atom. The van der Waals surface area contributed by atoms with Crippen LogP contribution in [0.3, 0.4) is 0 Å². The summed E-state index contributed by atoms with van der Waals surface area (Å²) >= 11 is 1.82. The van der Waals surface area contributed by atoms with Crippen molar-refractivity contribution < 1.29 is 22.7 Å². The summed E-state index contributed by atoms with van der Waals surface area (Å²) in [4.78, 5) is 0. The van der Waals surface area contributed by atoms with Crippen LogP contribution in [0.25, 0.3) is 22.8 Å². The second-order valence-electron chi connectivity index (χ2n) is 11.2. The van der Waals surface area contributed by atoms with Gasteiger partial charge >= 0.3 is 272 Å². The second kappa shape index (κ2) is 15.0. The molecule has 1 heterocycles. The van der Waals surface area contributed by atoms with Crippen LogP contribution in [0, 0.1) is 4.37 Å². The van der Waals surface area contributed by atoms with E-state index in [1.807, 2.05) is 24.9 Å². The molecule has 0 saturated carbocycles. The fourth-order valence-corrected chi connectivity index (χ4v) is 12.0. The maximum atomic E-state index is 5.98. The van der Waals surface area contributed by atoms with E-state index in [4.69, 9.17) is 4.74 Å². The minimum atomic E-state index is -2.39. The quantitative estimate of drug-likeness (QED) is 0.143.